The van der Waals surface area contributed by atoms with Crippen LogP contribution in [0.3, 0.4) is 0 Å². The Morgan fingerprint density at radius 3 is 2.41 bits per heavy atom. The van der Waals surface area contributed by atoms with Crippen LogP contribution >= 0.6 is 0 Å². The fourth-order valence-electron chi connectivity index (χ4n) is 1.49. The molecule has 4 nitrogen and oxygen atoms in total. The van der Waals surface area contributed by atoms with Gasteiger partial charge in [0.2, 0.25) is 0 Å². The highest BCUT2D eigenvalue weighted by Crippen LogP contribution is 2.08. The van der Waals surface area contributed by atoms with Crippen LogP contribution < -0.4 is 0 Å². The molecule has 0 aliphatic carbocycles. The summed E-state index contributed by atoms with van der Waals surface area (Å²) >= 11 is 0. The van der Waals surface area contributed by atoms with Crippen molar-refractivity contribution in [2.45, 2.75) is 6.61 Å². The Morgan fingerprint density at radius 2 is 1.94 bits per heavy atom. The van der Waals surface area contributed by atoms with E-state index in [2.05, 4.69) is 6.58 Å². The van der Waals surface area contributed by atoms with Crippen LogP contribution in [0.1, 0.15) is 15.9 Å². The van der Waals surface area contributed by atoms with Crippen molar-refractivity contribution >= 4 is 5.91 Å². The second-order valence-corrected chi connectivity index (χ2v) is 3.62. The molecule has 0 bridgehead atoms. The lowest BCUT2D eigenvalue weighted by molar-refractivity contribution is 0.0743. The first kappa shape index (κ1) is 13.4. The first-order valence-corrected chi connectivity index (χ1v) is 5.43. The monoisotopic (exact) mass is 235 g/mol. The maximum Gasteiger partial charge on any atom is 0.254 e. The Labute approximate surface area is 101 Å². The van der Waals surface area contributed by atoms with E-state index in [0.717, 1.165) is 5.56 Å². The summed E-state index contributed by atoms with van der Waals surface area (Å²) < 4.78 is 0. The van der Waals surface area contributed by atoms with Gasteiger partial charge in [-0.25, -0.2) is 0 Å². The molecule has 0 atom stereocenters. The summed E-state index contributed by atoms with van der Waals surface area (Å²) in [6, 6.07) is 6.75. The van der Waals surface area contributed by atoms with Gasteiger partial charge in [-0.1, -0.05) is 18.2 Å². The summed E-state index contributed by atoms with van der Waals surface area (Å²) in [4.78, 5) is 13.5. The zero-order valence-electron chi connectivity index (χ0n) is 9.67. The lowest BCUT2D eigenvalue weighted by Crippen LogP contribution is -2.33. The number of rotatable bonds is 6. The van der Waals surface area contributed by atoms with Crippen molar-refractivity contribution in [1.82, 2.24) is 4.90 Å². The molecule has 2 N–H and O–H groups in total. The molecule has 0 heterocycles. The SMILES string of the molecule is C=CCN(CCO)C(=O)c1ccc(CO)cc1. The van der Waals surface area contributed by atoms with E-state index in [9.17, 15) is 4.79 Å². The lowest BCUT2D eigenvalue weighted by atomic mass is 10.1. The number of nitrogens with zero attached hydrogens (tertiary/aromatic N) is 1. The molecule has 4 heteroatoms. The molecule has 0 fully saturated rings. The van der Waals surface area contributed by atoms with Gasteiger partial charge in [0.25, 0.3) is 5.91 Å². The van der Waals surface area contributed by atoms with E-state index in [4.69, 9.17) is 10.2 Å². The molecule has 0 spiro atoms. The minimum Gasteiger partial charge on any atom is -0.395 e. The molecule has 1 rings (SSSR count). The van der Waals surface area contributed by atoms with Gasteiger partial charge in [-0.05, 0) is 17.7 Å². The average molecular weight is 235 g/mol. The highest BCUT2D eigenvalue weighted by molar-refractivity contribution is 5.94. The van der Waals surface area contributed by atoms with Gasteiger partial charge < -0.3 is 15.1 Å². The van der Waals surface area contributed by atoms with E-state index >= 15 is 0 Å². The van der Waals surface area contributed by atoms with Crippen LogP contribution in [0.25, 0.3) is 0 Å². The van der Waals surface area contributed by atoms with Gasteiger partial charge in [-0.2, -0.15) is 0 Å². The normalized spacial score (nSPS) is 10.0. The zero-order valence-corrected chi connectivity index (χ0v) is 9.67. The van der Waals surface area contributed by atoms with Crippen LogP contribution in [0.5, 0.6) is 0 Å². The van der Waals surface area contributed by atoms with Gasteiger partial charge in [0.1, 0.15) is 0 Å². The van der Waals surface area contributed by atoms with Gasteiger partial charge in [-0.3, -0.25) is 4.79 Å². The number of aliphatic hydroxyl groups is 2. The molecule has 0 saturated heterocycles. The van der Waals surface area contributed by atoms with Crippen LogP contribution in [0.15, 0.2) is 36.9 Å². The van der Waals surface area contributed by atoms with Gasteiger partial charge in [0.15, 0.2) is 0 Å². The summed E-state index contributed by atoms with van der Waals surface area (Å²) in [5.41, 5.74) is 1.30. The number of amides is 1. The van der Waals surface area contributed by atoms with Crippen molar-refractivity contribution < 1.29 is 15.0 Å². The summed E-state index contributed by atoms with van der Waals surface area (Å²) in [7, 11) is 0. The Morgan fingerprint density at radius 1 is 1.29 bits per heavy atom. The lowest BCUT2D eigenvalue weighted by Gasteiger charge is -2.20. The Bertz CT molecular complexity index is 373. The molecule has 0 aromatic heterocycles. The number of benzene rings is 1. The predicted molar refractivity (Wildman–Crippen MR) is 65.6 cm³/mol. The number of hydrogen-bond donors (Lipinski definition) is 2. The minimum absolute atomic E-state index is 0.0402. The molecular weight excluding hydrogens is 218 g/mol. The van der Waals surface area contributed by atoms with Crippen molar-refractivity contribution in [2.24, 2.45) is 0 Å². The number of carbonyl (C=O) groups is 1. The van der Waals surface area contributed by atoms with E-state index in [1.165, 1.54) is 4.90 Å². The van der Waals surface area contributed by atoms with Crippen molar-refractivity contribution in [3.05, 3.63) is 48.0 Å². The van der Waals surface area contributed by atoms with E-state index in [1.807, 2.05) is 0 Å². The molecule has 0 radical (unpaired) electrons. The van der Waals surface area contributed by atoms with Gasteiger partial charge in [0, 0.05) is 18.7 Å². The standard InChI is InChI=1S/C13H17NO3/c1-2-7-14(8-9-15)13(17)12-5-3-11(10-16)4-6-12/h2-6,15-16H,1,7-10H2. The first-order valence-electron chi connectivity index (χ1n) is 5.43. The smallest absolute Gasteiger partial charge is 0.254 e. The molecule has 92 valence electrons. The third kappa shape index (κ3) is 3.69. The minimum atomic E-state index is -0.150. The van der Waals surface area contributed by atoms with Crippen molar-refractivity contribution in [1.29, 1.82) is 0 Å². The van der Waals surface area contributed by atoms with Crippen LogP contribution in [0, 0.1) is 0 Å². The van der Waals surface area contributed by atoms with Gasteiger partial charge in [0.05, 0.1) is 13.2 Å². The summed E-state index contributed by atoms with van der Waals surface area (Å²) in [6.45, 7) is 4.15. The Hall–Kier alpha value is -1.65. The van der Waals surface area contributed by atoms with E-state index in [0.29, 0.717) is 12.1 Å². The largest absolute Gasteiger partial charge is 0.395 e. The summed E-state index contributed by atoms with van der Waals surface area (Å²) in [6.07, 6.45) is 1.62. The molecule has 0 saturated carbocycles. The number of aliphatic hydroxyl groups excluding tert-OH is 2. The van der Waals surface area contributed by atoms with E-state index in [1.54, 1.807) is 30.3 Å². The highest BCUT2D eigenvalue weighted by Gasteiger charge is 2.13. The second kappa shape index (κ2) is 6.83. The summed E-state index contributed by atoms with van der Waals surface area (Å²) in [5.74, 6) is -0.150. The fourth-order valence-corrected chi connectivity index (χ4v) is 1.49. The van der Waals surface area contributed by atoms with Gasteiger partial charge in [-0.15, -0.1) is 6.58 Å². The maximum absolute atomic E-state index is 12.0. The fraction of sp³-hybridized carbons (Fsp3) is 0.308. The molecular formula is C13H17NO3. The van der Waals surface area contributed by atoms with Crippen LogP contribution in [-0.4, -0.2) is 40.7 Å². The van der Waals surface area contributed by atoms with Crippen LogP contribution in [0.4, 0.5) is 0 Å². The van der Waals surface area contributed by atoms with Crippen molar-refractivity contribution in [2.75, 3.05) is 19.7 Å². The van der Waals surface area contributed by atoms with E-state index < -0.39 is 0 Å². The highest BCUT2D eigenvalue weighted by atomic mass is 16.3. The van der Waals surface area contributed by atoms with Crippen molar-refractivity contribution in [3.63, 3.8) is 0 Å². The average Bonchev–Trinajstić information content (AvgIpc) is 2.38. The quantitative estimate of drug-likeness (QED) is 0.717. The molecule has 1 aromatic rings. The first-order chi connectivity index (χ1) is 8.22. The Balaban J connectivity index is 2.80. The topological polar surface area (TPSA) is 60.8 Å². The maximum atomic E-state index is 12.0. The molecule has 17 heavy (non-hydrogen) atoms. The van der Waals surface area contributed by atoms with Crippen molar-refractivity contribution in [3.8, 4) is 0 Å². The number of hydrogen-bond acceptors (Lipinski definition) is 3. The third-order valence-corrected chi connectivity index (χ3v) is 2.39. The zero-order chi connectivity index (χ0) is 12.7. The Kier molecular flexibility index (Phi) is 5.39. The second-order valence-electron chi connectivity index (χ2n) is 3.62. The van der Waals surface area contributed by atoms with Gasteiger partial charge >= 0.3 is 0 Å². The molecule has 0 aliphatic rings. The number of carbonyl (C=O) groups excluding carboxylic acids is 1. The molecule has 0 aliphatic heterocycles. The molecule has 0 unspecified atom stereocenters. The molecule has 1 amide bonds. The van der Waals surface area contributed by atoms with Crippen LogP contribution in [-0.2, 0) is 6.61 Å². The summed E-state index contributed by atoms with van der Waals surface area (Å²) in [5, 5.41) is 17.8. The van der Waals surface area contributed by atoms with E-state index in [-0.39, 0.29) is 25.7 Å². The van der Waals surface area contributed by atoms with Crippen LogP contribution in [0.2, 0.25) is 0 Å². The predicted octanol–water partition coefficient (Wildman–Crippen LogP) is 0.799. The third-order valence-electron chi connectivity index (χ3n) is 2.39. The molecule has 1 aromatic carbocycles.